The van der Waals surface area contributed by atoms with Gasteiger partial charge in [0.25, 0.3) is 0 Å². The molecule has 0 fully saturated rings. The molecule has 2 aromatic carbocycles. The fraction of sp³-hybridized carbons (Fsp3) is 0.105. The van der Waals surface area contributed by atoms with E-state index >= 15 is 0 Å². The first-order valence-corrected chi connectivity index (χ1v) is 6.97. The summed E-state index contributed by atoms with van der Waals surface area (Å²) in [5.41, 5.74) is 2.36. The number of aromatic nitrogens is 1. The molecule has 2 nitrogen and oxygen atoms in total. The van der Waals surface area contributed by atoms with E-state index in [0.29, 0.717) is 0 Å². The average molecular weight is 276 g/mol. The highest BCUT2D eigenvalue weighted by molar-refractivity contribution is 5.87. The zero-order valence-electron chi connectivity index (χ0n) is 12.3. The summed E-state index contributed by atoms with van der Waals surface area (Å²) < 4.78 is 7.35. The maximum Gasteiger partial charge on any atom is 0.204 e. The van der Waals surface area contributed by atoms with Crippen molar-refractivity contribution in [2.75, 3.05) is 7.11 Å². The Hall–Kier alpha value is -2.61. The highest BCUT2D eigenvalue weighted by Gasteiger charge is 2.00. The first-order chi connectivity index (χ1) is 10.3. The molecule has 0 saturated heterocycles. The van der Waals surface area contributed by atoms with Crippen LogP contribution in [-0.2, 0) is 7.05 Å². The summed E-state index contributed by atoms with van der Waals surface area (Å²) in [4.78, 5) is 0. The molecule has 1 aromatic heterocycles. The van der Waals surface area contributed by atoms with Crippen molar-refractivity contribution in [1.29, 1.82) is 0 Å². The Morgan fingerprint density at radius 3 is 2.52 bits per heavy atom. The van der Waals surface area contributed by atoms with E-state index in [1.165, 1.54) is 22.0 Å². The van der Waals surface area contributed by atoms with Crippen LogP contribution in [0.1, 0.15) is 11.3 Å². The van der Waals surface area contributed by atoms with E-state index in [0.717, 1.165) is 5.75 Å². The van der Waals surface area contributed by atoms with Gasteiger partial charge in [-0.05, 0) is 46.7 Å². The minimum Gasteiger partial charge on any atom is -0.497 e. The van der Waals surface area contributed by atoms with Gasteiger partial charge in [-0.2, -0.15) is 0 Å². The molecular weight excluding hydrogens is 258 g/mol. The number of ether oxygens (including phenoxy) is 1. The van der Waals surface area contributed by atoms with E-state index in [4.69, 9.17) is 4.74 Å². The summed E-state index contributed by atoms with van der Waals surface area (Å²) in [5, 5.41) is 2.41. The molecule has 0 unspecified atom stereocenters. The largest absolute Gasteiger partial charge is 0.497 e. The van der Waals surface area contributed by atoms with Crippen molar-refractivity contribution >= 4 is 22.9 Å². The fourth-order valence-corrected chi connectivity index (χ4v) is 2.36. The Balaban J connectivity index is 1.93. The molecule has 0 N–H and O–H groups in total. The van der Waals surface area contributed by atoms with Crippen LogP contribution in [-0.4, -0.2) is 7.11 Å². The van der Waals surface area contributed by atoms with Gasteiger partial charge in [-0.15, -0.1) is 0 Å². The van der Waals surface area contributed by atoms with Gasteiger partial charge in [0.05, 0.1) is 7.11 Å². The fourth-order valence-electron chi connectivity index (χ4n) is 2.36. The maximum absolute atomic E-state index is 5.25. The highest BCUT2D eigenvalue weighted by atomic mass is 16.5. The second-order valence-corrected chi connectivity index (χ2v) is 5.04. The number of nitrogens with zero attached hydrogens (tertiary/aromatic N) is 1. The zero-order valence-corrected chi connectivity index (χ0v) is 12.3. The topological polar surface area (TPSA) is 13.1 Å². The van der Waals surface area contributed by atoms with Crippen molar-refractivity contribution in [3.05, 3.63) is 72.1 Å². The lowest BCUT2D eigenvalue weighted by atomic mass is 10.1. The third-order valence-corrected chi connectivity index (χ3v) is 3.61. The number of aryl methyl sites for hydroxylation is 1. The molecular formula is C19H18NO+. The van der Waals surface area contributed by atoms with Crippen LogP contribution in [0.4, 0.5) is 0 Å². The van der Waals surface area contributed by atoms with E-state index in [9.17, 15) is 0 Å². The Labute approximate surface area is 124 Å². The van der Waals surface area contributed by atoms with Gasteiger partial charge in [0, 0.05) is 18.2 Å². The standard InChI is InChI=1S/C19H18NO/c1-20-12-4-3-5-18(20)10-7-15-6-8-17-14-19(21-2)11-9-16(17)13-15/h3-14H,1-2H3/q+1/b10-7+. The third kappa shape index (κ3) is 2.95. The van der Waals surface area contributed by atoms with Crippen LogP contribution in [0.5, 0.6) is 5.75 Å². The molecule has 1 heterocycles. The number of pyridine rings is 1. The van der Waals surface area contributed by atoms with Gasteiger partial charge in [-0.3, -0.25) is 0 Å². The number of methoxy groups -OCH3 is 1. The molecule has 3 aromatic rings. The van der Waals surface area contributed by atoms with Crippen LogP contribution in [0.3, 0.4) is 0 Å². The molecule has 0 atom stereocenters. The number of benzene rings is 2. The first kappa shape index (κ1) is 13.4. The predicted octanol–water partition coefficient (Wildman–Crippen LogP) is 3.84. The van der Waals surface area contributed by atoms with E-state index in [1.54, 1.807) is 7.11 Å². The normalized spacial score (nSPS) is 11.1. The molecule has 0 amide bonds. The summed E-state index contributed by atoms with van der Waals surface area (Å²) in [6, 6.07) is 18.8. The second kappa shape index (κ2) is 5.80. The van der Waals surface area contributed by atoms with Crippen LogP contribution < -0.4 is 9.30 Å². The number of hydrogen-bond acceptors (Lipinski definition) is 1. The lowest BCUT2D eigenvalue weighted by Crippen LogP contribution is -2.30. The lowest BCUT2D eigenvalue weighted by molar-refractivity contribution is -0.673. The summed E-state index contributed by atoms with van der Waals surface area (Å²) in [5.74, 6) is 0.891. The quantitative estimate of drug-likeness (QED) is 0.662. The minimum absolute atomic E-state index is 0.891. The molecule has 104 valence electrons. The van der Waals surface area contributed by atoms with Crippen LogP contribution in [0, 0.1) is 0 Å². The molecule has 0 spiro atoms. The molecule has 21 heavy (non-hydrogen) atoms. The highest BCUT2D eigenvalue weighted by Crippen LogP contribution is 2.22. The number of fused-ring (bicyclic) bond motifs is 1. The predicted molar refractivity (Wildman–Crippen MR) is 87.0 cm³/mol. The van der Waals surface area contributed by atoms with Crippen molar-refractivity contribution in [1.82, 2.24) is 0 Å². The van der Waals surface area contributed by atoms with Gasteiger partial charge < -0.3 is 4.74 Å². The van der Waals surface area contributed by atoms with Crippen molar-refractivity contribution < 1.29 is 9.30 Å². The summed E-state index contributed by atoms with van der Waals surface area (Å²) in [7, 11) is 3.74. The first-order valence-electron chi connectivity index (χ1n) is 6.97. The molecule has 0 bridgehead atoms. The number of hydrogen-bond donors (Lipinski definition) is 0. The van der Waals surface area contributed by atoms with Gasteiger partial charge in [0.2, 0.25) is 5.69 Å². The molecule has 0 aliphatic carbocycles. The van der Waals surface area contributed by atoms with Gasteiger partial charge in [0.15, 0.2) is 6.20 Å². The van der Waals surface area contributed by atoms with Crippen LogP contribution in [0.25, 0.3) is 22.9 Å². The van der Waals surface area contributed by atoms with Crippen molar-refractivity contribution in [2.45, 2.75) is 0 Å². The molecule has 3 rings (SSSR count). The van der Waals surface area contributed by atoms with Gasteiger partial charge in [-0.1, -0.05) is 18.2 Å². The third-order valence-electron chi connectivity index (χ3n) is 3.61. The number of rotatable bonds is 3. The average Bonchev–Trinajstić information content (AvgIpc) is 2.53. The van der Waals surface area contributed by atoms with Crippen molar-refractivity contribution in [3.8, 4) is 5.75 Å². The second-order valence-electron chi connectivity index (χ2n) is 5.04. The van der Waals surface area contributed by atoms with E-state index in [-0.39, 0.29) is 0 Å². The Morgan fingerprint density at radius 1 is 0.905 bits per heavy atom. The smallest absolute Gasteiger partial charge is 0.204 e. The zero-order chi connectivity index (χ0) is 14.7. The molecule has 0 aliphatic heterocycles. The van der Waals surface area contributed by atoms with Crippen LogP contribution in [0.15, 0.2) is 60.8 Å². The summed E-state index contributed by atoms with van der Waals surface area (Å²) in [6.45, 7) is 0. The Bertz CT molecular complexity index is 806. The van der Waals surface area contributed by atoms with Gasteiger partial charge in [0.1, 0.15) is 12.8 Å². The van der Waals surface area contributed by atoms with E-state index < -0.39 is 0 Å². The van der Waals surface area contributed by atoms with Crippen molar-refractivity contribution in [3.63, 3.8) is 0 Å². The van der Waals surface area contributed by atoms with E-state index in [1.807, 2.05) is 31.4 Å². The Morgan fingerprint density at radius 2 is 1.71 bits per heavy atom. The minimum atomic E-state index is 0.891. The molecule has 2 heteroatoms. The summed E-state index contributed by atoms with van der Waals surface area (Å²) >= 11 is 0. The van der Waals surface area contributed by atoms with E-state index in [2.05, 4.69) is 53.1 Å². The monoisotopic (exact) mass is 276 g/mol. The lowest BCUT2D eigenvalue weighted by Gasteiger charge is -2.03. The summed E-state index contributed by atoms with van der Waals surface area (Å²) in [6.07, 6.45) is 6.32. The Kier molecular flexibility index (Phi) is 3.69. The van der Waals surface area contributed by atoms with Gasteiger partial charge in [-0.25, -0.2) is 4.57 Å². The molecule has 0 radical (unpaired) electrons. The molecule has 0 saturated carbocycles. The van der Waals surface area contributed by atoms with Crippen molar-refractivity contribution in [2.24, 2.45) is 7.05 Å². The maximum atomic E-state index is 5.25. The SMILES string of the molecule is COc1ccc2cc(/C=C/c3cccc[n+]3C)ccc2c1. The van der Waals surface area contributed by atoms with Crippen LogP contribution in [0.2, 0.25) is 0 Å². The van der Waals surface area contributed by atoms with Gasteiger partial charge >= 0.3 is 0 Å². The molecule has 0 aliphatic rings. The van der Waals surface area contributed by atoms with Crippen LogP contribution >= 0.6 is 0 Å².